The van der Waals surface area contributed by atoms with E-state index in [0.717, 1.165) is 17.1 Å². The van der Waals surface area contributed by atoms with Crippen LogP contribution < -0.4 is 29.6 Å². The monoisotopic (exact) mass is 515 g/mol. The number of hydrogen-bond donors (Lipinski definition) is 2. The number of ether oxygens (including phenoxy) is 4. The van der Waals surface area contributed by atoms with Crippen LogP contribution in [-0.2, 0) is 6.54 Å². The molecule has 0 aromatic heterocycles. The molecule has 0 saturated carbocycles. The van der Waals surface area contributed by atoms with E-state index >= 15 is 0 Å². The SMILES string of the molecule is CN=C(NCc1ccc(OC)cc1OC)NCC(C)Oc1ccccc1OC.I. The van der Waals surface area contributed by atoms with Crippen molar-refractivity contribution >= 4 is 29.9 Å². The topological polar surface area (TPSA) is 73.3 Å². The number of hydrogen-bond acceptors (Lipinski definition) is 5. The molecule has 29 heavy (non-hydrogen) atoms. The van der Waals surface area contributed by atoms with Gasteiger partial charge in [-0.3, -0.25) is 4.99 Å². The highest BCUT2D eigenvalue weighted by atomic mass is 127. The van der Waals surface area contributed by atoms with Crippen LogP contribution in [0.5, 0.6) is 23.0 Å². The average molecular weight is 515 g/mol. The molecule has 0 aliphatic rings. The number of benzene rings is 2. The van der Waals surface area contributed by atoms with Crippen LogP contribution >= 0.6 is 24.0 Å². The first kappa shape index (κ1) is 24.7. The fourth-order valence-corrected chi connectivity index (χ4v) is 2.61. The normalized spacial score (nSPS) is 11.7. The molecule has 0 radical (unpaired) electrons. The molecule has 2 aromatic carbocycles. The van der Waals surface area contributed by atoms with Crippen LogP contribution in [0.2, 0.25) is 0 Å². The van der Waals surface area contributed by atoms with Gasteiger partial charge in [-0.05, 0) is 31.2 Å². The summed E-state index contributed by atoms with van der Waals surface area (Å²) in [6.07, 6.45) is -0.0784. The summed E-state index contributed by atoms with van der Waals surface area (Å²) >= 11 is 0. The Morgan fingerprint density at radius 1 is 0.931 bits per heavy atom. The van der Waals surface area contributed by atoms with Crippen molar-refractivity contribution in [3.63, 3.8) is 0 Å². The molecule has 0 spiro atoms. The summed E-state index contributed by atoms with van der Waals surface area (Å²) in [5, 5.41) is 6.54. The van der Waals surface area contributed by atoms with Crippen molar-refractivity contribution in [1.29, 1.82) is 0 Å². The van der Waals surface area contributed by atoms with E-state index in [1.54, 1.807) is 28.4 Å². The number of rotatable bonds is 9. The lowest BCUT2D eigenvalue weighted by Gasteiger charge is -2.19. The van der Waals surface area contributed by atoms with E-state index < -0.39 is 0 Å². The molecule has 0 saturated heterocycles. The predicted molar refractivity (Wildman–Crippen MR) is 126 cm³/mol. The second kappa shape index (κ2) is 13.0. The average Bonchev–Trinajstić information content (AvgIpc) is 2.74. The molecule has 7 nitrogen and oxygen atoms in total. The van der Waals surface area contributed by atoms with E-state index in [1.807, 2.05) is 49.4 Å². The molecule has 0 aliphatic heterocycles. The highest BCUT2D eigenvalue weighted by Crippen LogP contribution is 2.26. The minimum atomic E-state index is -0.0784. The van der Waals surface area contributed by atoms with Crippen LogP contribution in [0.25, 0.3) is 0 Å². The van der Waals surface area contributed by atoms with E-state index in [1.165, 1.54) is 0 Å². The molecule has 160 valence electrons. The molecular formula is C21H30IN3O4. The molecule has 2 aromatic rings. The first-order valence-electron chi connectivity index (χ1n) is 9.06. The van der Waals surface area contributed by atoms with Crippen LogP contribution in [0.3, 0.4) is 0 Å². The highest BCUT2D eigenvalue weighted by Gasteiger charge is 2.10. The summed E-state index contributed by atoms with van der Waals surface area (Å²) in [7, 11) is 6.63. The standard InChI is InChI=1S/C21H29N3O4.HI/c1-15(28-19-9-7-6-8-18(19)26-4)13-23-21(22-2)24-14-16-10-11-17(25-3)12-20(16)27-5;/h6-12,15H,13-14H2,1-5H3,(H2,22,23,24);1H. The summed E-state index contributed by atoms with van der Waals surface area (Å²) in [5.41, 5.74) is 1.00. The van der Waals surface area contributed by atoms with Crippen molar-refractivity contribution in [2.75, 3.05) is 34.9 Å². The smallest absolute Gasteiger partial charge is 0.191 e. The number of para-hydroxylation sites is 2. The van der Waals surface area contributed by atoms with Crippen molar-refractivity contribution in [3.8, 4) is 23.0 Å². The van der Waals surface area contributed by atoms with Gasteiger partial charge in [0, 0.05) is 25.2 Å². The fourth-order valence-electron chi connectivity index (χ4n) is 2.61. The van der Waals surface area contributed by atoms with Crippen LogP contribution in [0.1, 0.15) is 12.5 Å². The third-order valence-electron chi connectivity index (χ3n) is 4.12. The van der Waals surface area contributed by atoms with Crippen LogP contribution in [0.4, 0.5) is 0 Å². The molecule has 1 unspecified atom stereocenters. The summed E-state index contributed by atoms with van der Waals surface area (Å²) in [6.45, 7) is 3.13. The minimum absolute atomic E-state index is 0. The Morgan fingerprint density at radius 2 is 1.62 bits per heavy atom. The Morgan fingerprint density at radius 3 is 2.24 bits per heavy atom. The lowest BCUT2D eigenvalue weighted by atomic mass is 10.2. The Balaban J connectivity index is 0.00000420. The van der Waals surface area contributed by atoms with Crippen molar-refractivity contribution in [1.82, 2.24) is 10.6 Å². The predicted octanol–water partition coefficient (Wildman–Crippen LogP) is 3.46. The molecule has 0 bridgehead atoms. The van der Waals surface area contributed by atoms with Crippen LogP contribution in [-0.4, -0.2) is 47.0 Å². The van der Waals surface area contributed by atoms with Gasteiger partial charge in [-0.25, -0.2) is 0 Å². The molecular weight excluding hydrogens is 485 g/mol. The van der Waals surface area contributed by atoms with Gasteiger partial charge in [0.05, 0.1) is 27.9 Å². The zero-order chi connectivity index (χ0) is 20.4. The zero-order valence-electron chi connectivity index (χ0n) is 17.5. The number of guanidine groups is 1. The van der Waals surface area contributed by atoms with Gasteiger partial charge in [-0.15, -0.1) is 24.0 Å². The second-order valence-corrected chi connectivity index (χ2v) is 6.06. The second-order valence-electron chi connectivity index (χ2n) is 6.06. The van der Waals surface area contributed by atoms with Gasteiger partial charge in [0.15, 0.2) is 17.5 Å². The summed E-state index contributed by atoms with van der Waals surface area (Å²) in [6, 6.07) is 13.3. The van der Waals surface area contributed by atoms with Crippen molar-refractivity contribution in [2.24, 2.45) is 4.99 Å². The van der Waals surface area contributed by atoms with Gasteiger partial charge >= 0.3 is 0 Å². The maximum atomic E-state index is 5.95. The largest absolute Gasteiger partial charge is 0.497 e. The van der Waals surface area contributed by atoms with E-state index in [0.29, 0.717) is 30.5 Å². The van der Waals surface area contributed by atoms with Gasteiger partial charge in [-0.2, -0.15) is 0 Å². The Labute approximate surface area is 189 Å². The summed E-state index contributed by atoms with van der Waals surface area (Å²) in [5.74, 6) is 3.61. The van der Waals surface area contributed by atoms with E-state index in [4.69, 9.17) is 18.9 Å². The summed E-state index contributed by atoms with van der Waals surface area (Å²) < 4.78 is 21.9. The fraction of sp³-hybridized carbons (Fsp3) is 0.381. The van der Waals surface area contributed by atoms with E-state index in [-0.39, 0.29) is 30.1 Å². The van der Waals surface area contributed by atoms with Gasteiger partial charge in [0.2, 0.25) is 0 Å². The van der Waals surface area contributed by atoms with Gasteiger partial charge < -0.3 is 29.6 Å². The van der Waals surface area contributed by atoms with Gasteiger partial charge in [0.25, 0.3) is 0 Å². The summed E-state index contributed by atoms with van der Waals surface area (Å²) in [4.78, 5) is 4.25. The lowest BCUT2D eigenvalue weighted by Crippen LogP contribution is -2.41. The van der Waals surface area contributed by atoms with Crippen molar-refractivity contribution in [3.05, 3.63) is 48.0 Å². The first-order chi connectivity index (χ1) is 13.6. The maximum Gasteiger partial charge on any atom is 0.191 e. The van der Waals surface area contributed by atoms with E-state index in [2.05, 4.69) is 15.6 Å². The molecule has 0 fully saturated rings. The third kappa shape index (κ3) is 7.52. The van der Waals surface area contributed by atoms with Gasteiger partial charge in [0.1, 0.15) is 17.6 Å². The van der Waals surface area contributed by atoms with Crippen LogP contribution in [0.15, 0.2) is 47.5 Å². The molecule has 1 atom stereocenters. The Kier molecular flexibility index (Phi) is 11.0. The number of halogens is 1. The lowest BCUT2D eigenvalue weighted by molar-refractivity contribution is 0.213. The highest BCUT2D eigenvalue weighted by molar-refractivity contribution is 14.0. The number of nitrogens with zero attached hydrogens (tertiary/aromatic N) is 1. The molecule has 0 amide bonds. The third-order valence-corrected chi connectivity index (χ3v) is 4.12. The molecule has 2 N–H and O–H groups in total. The molecule has 8 heteroatoms. The van der Waals surface area contributed by atoms with Crippen molar-refractivity contribution in [2.45, 2.75) is 19.6 Å². The number of aliphatic imine (C=N–C) groups is 1. The number of methoxy groups -OCH3 is 3. The maximum absolute atomic E-state index is 5.95. The van der Waals surface area contributed by atoms with Gasteiger partial charge in [-0.1, -0.05) is 12.1 Å². The molecule has 0 aliphatic carbocycles. The molecule has 0 heterocycles. The van der Waals surface area contributed by atoms with Crippen molar-refractivity contribution < 1.29 is 18.9 Å². The molecule has 2 rings (SSSR count). The minimum Gasteiger partial charge on any atom is -0.497 e. The van der Waals surface area contributed by atoms with Crippen LogP contribution in [0, 0.1) is 0 Å². The number of nitrogens with one attached hydrogen (secondary N) is 2. The first-order valence-corrected chi connectivity index (χ1v) is 9.06. The zero-order valence-corrected chi connectivity index (χ0v) is 19.9. The Hall–Kier alpha value is -2.36. The van der Waals surface area contributed by atoms with E-state index in [9.17, 15) is 0 Å². The quantitative estimate of drug-likeness (QED) is 0.303. The Bertz CT molecular complexity index is 786.